The molecular weight excluding hydrogens is 143 g/mol. The van der Waals surface area contributed by atoms with E-state index in [-0.39, 0.29) is 29.6 Å². The van der Waals surface area contributed by atoms with Crippen molar-refractivity contribution in [2.45, 2.75) is 6.42 Å². The van der Waals surface area contributed by atoms with Gasteiger partial charge >= 0.3 is 29.6 Å². The smallest absolute Gasteiger partial charge is 0.159 e. The van der Waals surface area contributed by atoms with Crippen LogP contribution in [0.1, 0.15) is 11.1 Å². The number of rotatable bonds is 0. The fraction of sp³-hybridized carbons (Fsp3) is 0.100. The molecule has 0 aromatic heterocycles. The summed E-state index contributed by atoms with van der Waals surface area (Å²) < 4.78 is 0. The third kappa shape index (κ3) is 1.90. The Bertz CT molecular complexity index is 236. The maximum Gasteiger partial charge on any atom is 1.00 e. The first-order chi connectivity index (χ1) is 4.97. The van der Waals surface area contributed by atoms with E-state index >= 15 is 0 Å². The molecule has 0 fully saturated rings. The average molecular weight is 152 g/mol. The van der Waals surface area contributed by atoms with Crippen molar-refractivity contribution in [3.8, 4) is 0 Å². The maximum absolute atomic E-state index is 2.18. The van der Waals surface area contributed by atoms with Crippen LogP contribution in [0.25, 0.3) is 0 Å². The molecule has 0 bridgehead atoms. The number of benzene rings is 1. The van der Waals surface area contributed by atoms with Gasteiger partial charge in [0.1, 0.15) is 0 Å². The molecule has 1 aliphatic carbocycles. The molecule has 0 unspecified atom stereocenters. The zero-order valence-electron chi connectivity index (χ0n) is 6.75. The third-order valence-corrected chi connectivity index (χ3v) is 1.80. The van der Waals surface area contributed by atoms with E-state index in [0.717, 1.165) is 6.42 Å². The van der Waals surface area contributed by atoms with Gasteiger partial charge in [-0.15, -0.1) is 41.8 Å². The molecule has 0 heterocycles. The van der Waals surface area contributed by atoms with Gasteiger partial charge in [-0.05, 0) is 0 Å². The van der Waals surface area contributed by atoms with Crippen molar-refractivity contribution in [3.05, 3.63) is 54.0 Å². The number of fused-ring (bicyclic) bond motifs is 1. The van der Waals surface area contributed by atoms with Crippen molar-refractivity contribution in [1.29, 1.82) is 0 Å². The first kappa shape index (κ1) is 8.92. The Balaban J connectivity index is 0.000000605. The van der Waals surface area contributed by atoms with Crippen LogP contribution in [0.3, 0.4) is 0 Å². The van der Waals surface area contributed by atoms with Gasteiger partial charge in [0, 0.05) is 0 Å². The Morgan fingerprint density at radius 3 is 2.82 bits per heavy atom. The van der Waals surface area contributed by atoms with Crippen molar-refractivity contribution in [1.82, 2.24) is 0 Å². The van der Waals surface area contributed by atoms with Crippen LogP contribution in [0.5, 0.6) is 0 Å². The number of hydrogen-bond acceptors (Lipinski definition) is 0. The van der Waals surface area contributed by atoms with Gasteiger partial charge in [0.2, 0.25) is 0 Å². The maximum atomic E-state index is 2.18. The van der Waals surface area contributed by atoms with Crippen LogP contribution >= 0.6 is 0 Å². The topological polar surface area (TPSA) is 0 Å². The average Bonchev–Trinajstić information content (AvgIpc) is 2.05. The molecule has 0 radical (unpaired) electrons. The van der Waals surface area contributed by atoms with Crippen molar-refractivity contribution in [2.75, 3.05) is 0 Å². The third-order valence-electron chi connectivity index (χ3n) is 1.80. The molecule has 2 rings (SSSR count). The summed E-state index contributed by atoms with van der Waals surface area (Å²) in [5.41, 5.74) is 2.80. The molecule has 11 heavy (non-hydrogen) atoms. The summed E-state index contributed by atoms with van der Waals surface area (Å²) in [6.07, 6.45) is 7.54. The molecule has 1 aromatic rings. The molecule has 0 saturated heterocycles. The van der Waals surface area contributed by atoms with Crippen LogP contribution in [0, 0.1) is 6.42 Å². The van der Waals surface area contributed by atoms with E-state index in [2.05, 4.69) is 42.8 Å². The minimum Gasteiger partial charge on any atom is -0.159 e. The molecule has 0 amide bonds. The number of allylic oxidation sites excluding steroid dienone is 2. The Morgan fingerprint density at radius 1 is 1.18 bits per heavy atom. The van der Waals surface area contributed by atoms with E-state index < -0.39 is 0 Å². The van der Waals surface area contributed by atoms with Gasteiger partial charge in [0.25, 0.3) is 0 Å². The van der Waals surface area contributed by atoms with Gasteiger partial charge in [0.15, 0.2) is 0 Å². The van der Waals surface area contributed by atoms with E-state index in [4.69, 9.17) is 0 Å². The molecule has 0 spiro atoms. The monoisotopic (exact) mass is 152 g/mol. The standard InChI is InChI=1S/C10H9.Na/c1-2-6-10-8-4-3-7-9(10)5-1;/h1-7H,8H2;/q-1;+1. The minimum atomic E-state index is 0. The molecule has 1 aromatic carbocycles. The quantitative estimate of drug-likeness (QED) is 0.342. The van der Waals surface area contributed by atoms with Crippen molar-refractivity contribution < 1.29 is 29.6 Å². The second kappa shape index (κ2) is 4.01. The van der Waals surface area contributed by atoms with Crippen LogP contribution in [0.4, 0.5) is 0 Å². The first-order valence-electron chi connectivity index (χ1n) is 3.54. The summed E-state index contributed by atoms with van der Waals surface area (Å²) in [4.78, 5) is 0. The predicted molar refractivity (Wildman–Crippen MR) is 42.7 cm³/mol. The van der Waals surface area contributed by atoms with E-state index in [1.54, 1.807) is 0 Å². The zero-order chi connectivity index (χ0) is 6.81. The summed E-state index contributed by atoms with van der Waals surface area (Å²) >= 11 is 0. The molecular formula is C10H9Na. The summed E-state index contributed by atoms with van der Waals surface area (Å²) in [6, 6.07) is 8.49. The molecule has 0 aliphatic heterocycles. The van der Waals surface area contributed by atoms with Crippen LogP contribution < -0.4 is 29.6 Å². The minimum absolute atomic E-state index is 0. The SMILES string of the molecule is C1=CCc2ccccc2[CH-]1.[Na+]. The van der Waals surface area contributed by atoms with E-state index in [0.29, 0.717) is 0 Å². The Labute approximate surface area is 89.6 Å². The van der Waals surface area contributed by atoms with Gasteiger partial charge in [-0.1, -0.05) is 12.5 Å². The first-order valence-corrected chi connectivity index (χ1v) is 3.54. The van der Waals surface area contributed by atoms with Crippen LogP contribution in [-0.2, 0) is 6.42 Å². The summed E-state index contributed by atoms with van der Waals surface area (Å²) in [5, 5.41) is 0. The fourth-order valence-corrected chi connectivity index (χ4v) is 1.25. The molecule has 50 valence electrons. The summed E-state index contributed by atoms with van der Waals surface area (Å²) in [5.74, 6) is 0. The van der Waals surface area contributed by atoms with E-state index in [9.17, 15) is 0 Å². The Hall–Kier alpha value is -0.170. The molecule has 0 nitrogen and oxygen atoms in total. The van der Waals surface area contributed by atoms with Crippen LogP contribution in [0.15, 0.2) is 36.4 Å². The van der Waals surface area contributed by atoms with Gasteiger partial charge < -0.3 is 0 Å². The van der Waals surface area contributed by atoms with Crippen LogP contribution in [0.2, 0.25) is 0 Å². The molecule has 1 heteroatoms. The Morgan fingerprint density at radius 2 is 2.00 bits per heavy atom. The molecule has 0 saturated carbocycles. The number of hydrogen-bond donors (Lipinski definition) is 0. The second-order valence-electron chi connectivity index (χ2n) is 2.50. The predicted octanol–water partition coefficient (Wildman–Crippen LogP) is -0.645. The van der Waals surface area contributed by atoms with Crippen LogP contribution in [-0.4, -0.2) is 0 Å². The zero-order valence-corrected chi connectivity index (χ0v) is 8.75. The molecule has 1 aliphatic rings. The van der Waals surface area contributed by atoms with Crippen molar-refractivity contribution in [2.24, 2.45) is 0 Å². The fourth-order valence-electron chi connectivity index (χ4n) is 1.25. The van der Waals surface area contributed by atoms with Gasteiger partial charge in [-0.2, -0.15) is 6.08 Å². The van der Waals surface area contributed by atoms with Gasteiger partial charge in [-0.3, -0.25) is 0 Å². The van der Waals surface area contributed by atoms with Gasteiger partial charge in [-0.25, -0.2) is 0 Å². The molecule has 0 atom stereocenters. The Kier molecular flexibility index (Phi) is 3.25. The molecule has 0 N–H and O–H groups in total. The second-order valence-corrected chi connectivity index (χ2v) is 2.50. The van der Waals surface area contributed by atoms with E-state index in [1.807, 2.05) is 0 Å². The van der Waals surface area contributed by atoms with Crippen molar-refractivity contribution in [3.63, 3.8) is 0 Å². The van der Waals surface area contributed by atoms with E-state index in [1.165, 1.54) is 11.1 Å². The normalized spacial score (nSPS) is 12.7. The summed E-state index contributed by atoms with van der Waals surface area (Å²) in [6.45, 7) is 0. The summed E-state index contributed by atoms with van der Waals surface area (Å²) in [7, 11) is 0. The van der Waals surface area contributed by atoms with Crippen molar-refractivity contribution >= 4 is 0 Å². The van der Waals surface area contributed by atoms with Gasteiger partial charge in [0.05, 0.1) is 0 Å². The largest absolute Gasteiger partial charge is 1.00 e.